The van der Waals surface area contributed by atoms with Gasteiger partial charge in [0.25, 0.3) is 0 Å². The van der Waals surface area contributed by atoms with E-state index in [1.165, 1.54) is 4.88 Å². The van der Waals surface area contributed by atoms with Gasteiger partial charge in [-0.3, -0.25) is 4.99 Å². The molecule has 0 unspecified atom stereocenters. The highest BCUT2D eigenvalue weighted by Gasteiger charge is 2.01. The predicted molar refractivity (Wildman–Crippen MR) is 112 cm³/mol. The zero-order valence-electron chi connectivity index (χ0n) is 13.7. The number of nitrogens with zero attached hydrogens (tertiary/aromatic N) is 2. The lowest BCUT2D eigenvalue weighted by Gasteiger charge is -2.12. The van der Waals surface area contributed by atoms with Gasteiger partial charge in [-0.25, -0.2) is 4.98 Å². The van der Waals surface area contributed by atoms with Crippen molar-refractivity contribution in [2.24, 2.45) is 4.99 Å². The third-order valence-corrected chi connectivity index (χ3v) is 4.23. The first-order valence-electron chi connectivity index (χ1n) is 7.41. The molecule has 1 aromatic carbocycles. The molecular formula is C16H22ClIN4OS. The van der Waals surface area contributed by atoms with E-state index in [1.54, 1.807) is 18.4 Å². The van der Waals surface area contributed by atoms with E-state index in [2.05, 4.69) is 27.5 Å². The van der Waals surface area contributed by atoms with Gasteiger partial charge in [-0.15, -0.1) is 35.3 Å². The van der Waals surface area contributed by atoms with Crippen LogP contribution in [0, 0.1) is 6.92 Å². The van der Waals surface area contributed by atoms with Crippen LogP contribution in [0.2, 0.25) is 5.02 Å². The van der Waals surface area contributed by atoms with Crippen molar-refractivity contribution in [1.29, 1.82) is 0 Å². The van der Waals surface area contributed by atoms with Gasteiger partial charge in [0, 0.05) is 36.1 Å². The summed E-state index contributed by atoms with van der Waals surface area (Å²) in [6.07, 6.45) is 2.79. The number of aliphatic imine (C=N–C) groups is 1. The summed E-state index contributed by atoms with van der Waals surface area (Å²) in [6.45, 7) is 4.08. The molecule has 0 bridgehead atoms. The molecule has 5 nitrogen and oxygen atoms in total. The van der Waals surface area contributed by atoms with Crippen molar-refractivity contribution in [2.45, 2.75) is 13.3 Å². The predicted octanol–water partition coefficient (Wildman–Crippen LogP) is 3.51. The molecule has 0 spiro atoms. The SMILES string of the molecule is CN=C(NCCOc1ccc(Cl)cc1)NCCc1ncc(C)s1.I. The van der Waals surface area contributed by atoms with Crippen LogP contribution in [-0.4, -0.2) is 37.7 Å². The lowest BCUT2D eigenvalue weighted by Crippen LogP contribution is -2.40. The number of aromatic nitrogens is 1. The van der Waals surface area contributed by atoms with Crippen LogP contribution in [0.15, 0.2) is 35.5 Å². The quantitative estimate of drug-likeness (QED) is 0.276. The van der Waals surface area contributed by atoms with Crippen molar-refractivity contribution in [3.63, 3.8) is 0 Å². The maximum atomic E-state index is 5.83. The number of thiazole rings is 1. The molecule has 0 aliphatic heterocycles. The van der Waals surface area contributed by atoms with Crippen molar-refractivity contribution in [1.82, 2.24) is 15.6 Å². The van der Waals surface area contributed by atoms with Gasteiger partial charge in [-0.1, -0.05) is 11.6 Å². The molecular weight excluding hydrogens is 459 g/mol. The molecule has 8 heteroatoms. The van der Waals surface area contributed by atoms with Crippen LogP contribution in [0.5, 0.6) is 5.75 Å². The number of ether oxygens (including phenoxy) is 1. The van der Waals surface area contributed by atoms with Crippen molar-refractivity contribution >= 4 is 52.9 Å². The van der Waals surface area contributed by atoms with Crippen molar-refractivity contribution in [2.75, 3.05) is 26.7 Å². The zero-order chi connectivity index (χ0) is 16.5. The summed E-state index contributed by atoms with van der Waals surface area (Å²) < 4.78 is 5.62. The first-order valence-corrected chi connectivity index (χ1v) is 8.61. The van der Waals surface area contributed by atoms with Crippen LogP contribution >= 0.6 is 46.9 Å². The Morgan fingerprint density at radius 2 is 1.96 bits per heavy atom. The van der Waals surface area contributed by atoms with E-state index in [4.69, 9.17) is 16.3 Å². The highest BCUT2D eigenvalue weighted by Crippen LogP contribution is 2.15. The van der Waals surface area contributed by atoms with E-state index in [9.17, 15) is 0 Å². The van der Waals surface area contributed by atoms with Gasteiger partial charge in [0.1, 0.15) is 12.4 Å². The molecule has 0 fully saturated rings. The third-order valence-electron chi connectivity index (χ3n) is 3.00. The Morgan fingerprint density at radius 1 is 1.25 bits per heavy atom. The maximum Gasteiger partial charge on any atom is 0.191 e. The first kappa shape index (κ1) is 21.0. The number of hydrogen-bond acceptors (Lipinski definition) is 4. The molecule has 24 heavy (non-hydrogen) atoms. The highest BCUT2D eigenvalue weighted by atomic mass is 127. The van der Waals surface area contributed by atoms with Crippen LogP contribution < -0.4 is 15.4 Å². The summed E-state index contributed by atoms with van der Waals surface area (Å²) in [4.78, 5) is 9.77. The largest absolute Gasteiger partial charge is 0.492 e. The minimum Gasteiger partial charge on any atom is -0.492 e. The van der Waals surface area contributed by atoms with E-state index in [-0.39, 0.29) is 24.0 Å². The topological polar surface area (TPSA) is 58.5 Å². The van der Waals surface area contributed by atoms with E-state index in [0.717, 1.165) is 29.7 Å². The monoisotopic (exact) mass is 480 g/mol. The lowest BCUT2D eigenvalue weighted by molar-refractivity contribution is 0.322. The summed E-state index contributed by atoms with van der Waals surface area (Å²) in [7, 11) is 1.75. The number of aryl methyl sites for hydroxylation is 1. The van der Waals surface area contributed by atoms with E-state index >= 15 is 0 Å². The fourth-order valence-electron chi connectivity index (χ4n) is 1.89. The van der Waals surface area contributed by atoms with E-state index in [1.807, 2.05) is 30.5 Å². The summed E-state index contributed by atoms with van der Waals surface area (Å²) in [5.74, 6) is 1.57. The average molecular weight is 481 g/mol. The number of hydrogen-bond donors (Lipinski definition) is 2. The minimum absolute atomic E-state index is 0. The van der Waals surface area contributed by atoms with Crippen LogP contribution in [0.3, 0.4) is 0 Å². The van der Waals surface area contributed by atoms with E-state index < -0.39 is 0 Å². The summed E-state index contributed by atoms with van der Waals surface area (Å²) in [6, 6.07) is 7.33. The maximum absolute atomic E-state index is 5.83. The van der Waals surface area contributed by atoms with Gasteiger partial charge in [0.2, 0.25) is 0 Å². The average Bonchev–Trinajstić information content (AvgIpc) is 2.97. The van der Waals surface area contributed by atoms with Gasteiger partial charge in [0.15, 0.2) is 5.96 Å². The smallest absolute Gasteiger partial charge is 0.191 e. The second kappa shape index (κ2) is 11.5. The third kappa shape index (κ3) is 7.67. The molecule has 132 valence electrons. The number of guanidine groups is 1. The molecule has 0 radical (unpaired) electrons. The Hall–Kier alpha value is -1.06. The lowest BCUT2D eigenvalue weighted by atomic mass is 10.3. The van der Waals surface area contributed by atoms with Gasteiger partial charge >= 0.3 is 0 Å². The van der Waals surface area contributed by atoms with Gasteiger partial charge in [-0.05, 0) is 31.2 Å². The summed E-state index contributed by atoms with van der Waals surface area (Å²) in [5.41, 5.74) is 0. The molecule has 1 heterocycles. The van der Waals surface area contributed by atoms with Crippen molar-refractivity contribution in [3.05, 3.63) is 45.4 Å². The summed E-state index contributed by atoms with van der Waals surface area (Å²) >= 11 is 7.56. The molecule has 1 aromatic heterocycles. The fourth-order valence-corrected chi connectivity index (χ4v) is 2.81. The second-order valence-electron chi connectivity index (χ2n) is 4.84. The number of rotatable bonds is 7. The number of benzene rings is 1. The highest BCUT2D eigenvalue weighted by molar-refractivity contribution is 14.0. The molecule has 0 aliphatic rings. The molecule has 0 aliphatic carbocycles. The van der Waals surface area contributed by atoms with Crippen LogP contribution in [-0.2, 0) is 6.42 Å². The second-order valence-corrected chi connectivity index (χ2v) is 6.60. The van der Waals surface area contributed by atoms with Crippen LogP contribution in [0.4, 0.5) is 0 Å². The minimum atomic E-state index is 0. The molecule has 0 saturated carbocycles. The Morgan fingerprint density at radius 3 is 2.58 bits per heavy atom. The number of halogens is 2. The molecule has 0 amide bonds. The Labute approximate surface area is 168 Å². The van der Waals surface area contributed by atoms with Gasteiger partial charge in [0.05, 0.1) is 11.6 Å². The van der Waals surface area contributed by atoms with Crippen molar-refractivity contribution < 1.29 is 4.74 Å². The fraction of sp³-hybridized carbons (Fsp3) is 0.375. The summed E-state index contributed by atoms with van der Waals surface area (Å²) in [5, 5.41) is 8.32. The first-order chi connectivity index (χ1) is 11.2. The van der Waals surface area contributed by atoms with E-state index in [0.29, 0.717) is 18.2 Å². The van der Waals surface area contributed by atoms with Gasteiger partial charge in [-0.2, -0.15) is 0 Å². The standard InChI is InChI=1S/C16H21ClN4OS.HI/c1-12-11-21-15(23-12)7-8-19-16(18-2)20-9-10-22-14-5-3-13(17)4-6-14;/h3-6,11H,7-10H2,1-2H3,(H2,18,19,20);1H. The van der Waals surface area contributed by atoms with Crippen LogP contribution in [0.1, 0.15) is 9.88 Å². The number of nitrogens with one attached hydrogen (secondary N) is 2. The molecule has 0 saturated heterocycles. The van der Waals surface area contributed by atoms with Crippen LogP contribution in [0.25, 0.3) is 0 Å². The molecule has 0 atom stereocenters. The molecule has 2 N–H and O–H groups in total. The zero-order valence-corrected chi connectivity index (χ0v) is 17.6. The molecule has 2 aromatic rings. The van der Waals surface area contributed by atoms with Gasteiger partial charge < -0.3 is 15.4 Å². The Bertz CT molecular complexity index is 633. The normalized spacial score (nSPS) is 10.9. The van der Waals surface area contributed by atoms with Crippen molar-refractivity contribution in [3.8, 4) is 5.75 Å². The Balaban J connectivity index is 0.00000288. The molecule has 2 rings (SSSR count). The Kier molecular flexibility index (Phi) is 10.0.